The molecule has 0 radical (unpaired) electrons. The second-order valence-corrected chi connectivity index (χ2v) is 4.68. The smallest absolute Gasteiger partial charge is 0.335 e. The third kappa shape index (κ3) is 3.76. The molecule has 1 aliphatic rings. The average Bonchev–Trinajstić information content (AvgIpc) is 2.91. The lowest BCUT2D eigenvalue weighted by Gasteiger charge is -2.10. The van der Waals surface area contributed by atoms with Gasteiger partial charge in [-0.05, 0) is 25.0 Å². The molecule has 8 heteroatoms. The van der Waals surface area contributed by atoms with Crippen molar-refractivity contribution >= 4 is 23.3 Å². The SMILES string of the molecule is O=C(CC1CCCO1)Nc1ccc(C(=O)O)cc1[N+](=O)[O-]. The van der Waals surface area contributed by atoms with Crippen LogP contribution in [0.1, 0.15) is 29.6 Å². The molecule has 8 nitrogen and oxygen atoms in total. The molecule has 1 atom stereocenters. The first kappa shape index (κ1) is 14.9. The van der Waals surface area contributed by atoms with E-state index in [0.717, 1.165) is 18.9 Å². The molecule has 1 aromatic rings. The molecule has 0 spiro atoms. The van der Waals surface area contributed by atoms with Crippen LogP contribution in [0.3, 0.4) is 0 Å². The Hall–Kier alpha value is -2.48. The molecular weight excluding hydrogens is 280 g/mol. The summed E-state index contributed by atoms with van der Waals surface area (Å²) in [5.74, 6) is -1.66. The van der Waals surface area contributed by atoms with Crippen LogP contribution in [0.25, 0.3) is 0 Å². The predicted molar refractivity (Wildman–Crippen MR) is 72.3 cm³/mol. The molecular formula is C13H14N2O6. The summed E-state index contributed by atoms with van der Waals surface area (Å²) in [5, 5.41) is 22.2. The number of amides is 1. The number of ether oxygens (including phenoxy) is 1. The second-order valence-electron chi connectivity index (χ2n) is 4.68. The van der Waals surface area contributed by atoms with Crippen molar-refractivity contribution in [3.63, 3.8) is 0 Å². The monoisotopic (exact) mass is 294 g/mol. The molecule has 0 saturated carbocycles. The maximum Gasteiger partial charge on any atom is 0.335 e. The Morgan fingerprint density at radius 2 is 2.24 bits per heavy atom. The molecule has 2 N–H and O–H groups in total. The van der Waals surface area contributed by atoms with E-state index in [4.69, 9.17) is 9.84 Å². The first-order valence-corrected chi connectivity index (χ1v) is 6.40. The molecule has 1 aliphatic heterocycles. The van der Waals surface area contributed by atoms with E-state index in [2.05, 4.69) is 5.32 Å². The maximum atomic E-state index is 11.8. The van der Waals surface area contributed by atoms with Gasteiger partial charge in [0.15, 0.2) is 0 Å². The van der Waals surface area contributed by atoms with Gasteiger partial charge in [0.05, 0.1) is 23.0 Å². The van der Waals surface area contributed by atoms with Crippen molar-refractivity contribution in [2.75, 3.05) is 11.9 Å². The maximum absolute atomic E-state index is 11.8. The highest BCUT2D eigenvalue weighted by atomic mass is 16.6. The molecule has 1 heterocycles. The fourth-order valence-electron chi connectivity index (χ4n) is 2.13. The van der Waals surface area contributed by atoms with Gasteiger partial charge in [-0.25, -0.2) is 4.79 Å². The Morgan fingerprint density at radius 3 is 2.81 bits per heavy atom. The molecule has 1 fully saturated rings. The highest BCUT2D eigenvalue weighted by Gasteiger charge is 2.22. The van der Waals surface area contributed by atoms with E-state index in [1.807, 2.05) is 0 Å². The van der Waals surface area contributed by atoms with Crippen molar-refractivity contribution < 1.29 is 24.4 Å². The van der Waals surface area contributed by atoms with Crippen LogP contribution in [0.5, 0.6) is 0 Å². The zero-order chi connectivity index (χ0) is 15.4. The summed E-state index contributed by atoms with van der Waals surface area (Å²) in [4.78, 5) is 32.9. The number of anilines is 1. The van der Waals surface area contributed by atoms with Crippen LogP contribution in [-0.4, -0.2) is 34.6 Å². The number of nitro benzene ring substituents is 1. The number of carbonyl (C=O) groups excluding carboxylic acids is 1. The zero-order valence-corrected chi connectivity index (χ0v) is 11.1. The number of nitrogens with one attached hydrogen (secondary N) is 1. The number of hydrogen-bond donors (Lipinski definition) is 2. The topological polar surface area (TPSA) is 119 Å². The summed E-state index contributed by atoms with van der Waals surface area (Å²) < 4.78 is 5.32. The van der Waals surface area contributed by atoms with E-state index in [1.54, 1.807) is 0 Å². The second kappa shape index (κ2) is 6.31. The fraction of sp³-hybridized carbons (Fsp3) is 0.385. The number of carboxylic acids is 1. The van der Waals surface area contributed by atoms with E-state index in [9.17, 15) is 19.7 Å². The van der Waals surface area contributed by atoms with Crippen molar-refractivity contribution in [3.05, 3.63) is 33.9 Å². The molecule has 1 amide bonds. The summed E-state index contributed by atoms with van der Waals surface area (Å²) >= 11 is 0. The highest BCUT2D eigenvalue weighted by molar-refractivity contribution is 5.95. The Morgan fingerprint density at radius 1 is 1.48 bits per heavy atom. The molecule has 2 rings (SSSR count). The van der Waals surface area contributed by atoms with Crippen molar-refractivity contribution in [2.24, 2.45) is 0 Å². The van der Waals surface area contributed by atoms with E-state index >= 15 is 0 Å². The molecule has 0 aliphatic carbocycles. The van der Waals surface area contributed by atoms with E-state index in [1.165, 1.54) is 12.1 Å². The summed E-state index contributed by atoms with van der Waals surface area (Å²) in [6.07, 6.45) is 1.64. The van der Waals surface area contributed by atoms with Gasteiger partial charge in [0, 0.05) is 12.7 Å². The third-order valence-electron chi connectivity index (χ3n) is 3.15. The van der Waals surface area contributed by atoms with Crippen LogP contribution >= 0.6 is 0 Å². The van der Waals surface area contributed by atoms with Gasteiger partial charge in [0.2, 0.25) is 5.91 Å². The van der Waals surface area contributed by atoms with Gasteiger partial charge in [-0.15, -0.1) is 0 Å². The number of nitrogens with zero attached hydrogens (tertiary/aromatic N) is 1. The standard InChI is InChI=1S/C13H14N2O6/c16-12(7-9-2-1-5-21-9)14-10-4-3-8(13(17)18)6-11(10)15(19)20/h3-4,6,9H,1-2,5,7H2,(H,14,16)(H,17,18). The molecule has 1 unspecified atom stereocenters. The molecule has 112 valence electrons. The molecule has 1 aromatic carbocycles. The van der Waals surface area contributed by atoms with Crippen LogP contribution in [-0.2, 0) is 9.53 Å². The van der Waals surface area contributed by atoms with Gasteiger partial charge in [-0.1, -0.05) is 0 Å². The largest absolute Gasteiger partial charge is 0.478 e. The number of hydrogen-bond acceptors (Lipinski definition) is 5. The normalized spacial score (nSPS) is 17.4. The lowest BCUT2D eigenvalue weighted by Crippen LogP contribution is -2.19. The van der Waals surface area contributed by atoms with Gasteiger partial charge in [0.1, 0.15) is 5.69 Å². The lowest BCUT2D eigenvalue weighted by atomic mass is 10.1. The average molecular weight is 294 g/mol. The van der Waals surface area contributed by atoms with Crippen molar-refractivity contribution in [2.45, 2.75) is 25.4 Å². The van der Waals surface area contributed by atoms with Crippen LogP contribution < -0.4 is 5.32 Å². The van der Waals surface area contributed by atoms with Crippen molar-refractivity contribution in [3.8, 4) is 0 Å². The first-order valence-electron chi connectivity index (χ1n) is 6.40. The summed E-state index contributed by atoms with van der Waals surface area (Å²) in [6, 6.07) is 3.34. The summed E-state index contributed by atoms with van der Waals surface area (Å²) in [6.45, 7) is 0.616. The van der Waals surface area contributed by atoms with Crippen LogP contribution in [0.15, 0.2) is 18.2 Å². The number of carboxylic acid groups (broad SMARTS) is 1. The van der Waals surface area contributed by atoms with Gasteiger partial charge >= 0.3 is 5.97 Å². The van der Waals surface area contributed by atoms with Gasteiger partial charge in [0.25, 0.3) is 5.69 Å². The summed E-state index contributed by atoms with van der Waals surface area (Å²) in [7, 11) is 0. The molecule has 21 heavy (non-hydrogen) atoms. The molecule has 0 bridgehead atoms. The minimum atomic E-state index is -1.27. The third-order valence-corrected chi connectivity index (χ3v) is 3.15. The minimum Gasteiger partial charge on any atom is -0.478 e. The minimum absolute atomic E-state index is 0.0204. The zero-order valence-electron chi connectivity index (χ0n) is 11.1. The van der Waals surface area contributed by atoms with Crippen LogP contribution in [0, 0.1) is 10.1 Å². The van der Waals surface area contributed by atoms with Crippen molar-refractivity contribution in [1.82, 2.24) is 0 Å². The Labute approximate surface area is 119 Å². The van der Waals surface area contributed by atoms with Crippen molar-refractivity contribution in [1.29, 1.82) is 0 Å². The van der Waals surface area contributed by atoms with Crippen LogP contribution in [0.2, 0.25) is 0 Å². The van der Waals surface area contributed by atoms with E-state index < -0.39 is 22.5 Å². The van der Waals surface area contributed by atoms with Gasteiger partial charge in [-0.3, -0.25) is 14.9 Å². The Balaban J connectivity index is 2.12. The van der Waals surface area contributed by atoms with Gasteiger partial charge in [-0.2, -0.15) is 0 Å². The molecule has 1 saturated heterocycles. The number of benzene rings is 1. The van der Waals surface area contributed by atoms with E-state index in [0.29, 0.717) is 6.61 Å². The summed E-state index contributed by atoms with van der Waals surface area (Å²) in [5.41, 5.74) is -0.678. The lowest BCUT2D eigenvalue weighted by molar-refractivity contribution is -0.384. The fourth-order valence-corrected chi connectivity index (χ4v) is 2.13. The van der Waals surface area contributed by atoms with Crippen LogP contribution in [0.4, 0.5) is 11.4 Å². The van der Waals surface area contributed by atoms with Gasteiger partial charge < -0.3 is 15.2 Å². The molecule has 0 aromatic heterocycles. The predicted octanol–water partition coefficient (Wildman–Crippen LogP) is 1.80. The Kier molecular flexibility index (Phi) is 4.49. The number of rotatable bonds is 5. The number of carbonyl (C=O) groups is 2. The number of aromatic carboxylic acids is 1. The Bertz CT molecular complexity index is 580. The number of nitro groups is 1. The highest BCUT2D eigenvalue weighted by Crippen LogP contribution is 2.26. The first-order chi connectivity index (χ1) is 9.97. The quantitative estimate of drug-likeness (QED) is 0.631. The van der Waals surface area contributed by atoms with E-state index in [-0.39, 0.29) is 23.8 Å².